The van der Waals surface area contributed by atoms with Gasteiger partial charge in [-0.3, -0.25) is 4.98 Å². The number of aromatic nitrogens is 1. The highest BCUT2D eigenvalue weighted by molar-refractivity contribution is 5.69. The summed E-state index contributed by atoms with van der Waals surface area (Å²) in [5.74, 6) is 0. The van der Waals surface area contributed by atoms with Crippen molar-refractivity contribution < 1.29 is 4.74 Å². The quantitative estimate of drug-likeness (QED) is 0.929. The highest BCUT2D eigenvalue weighted by atomic mass is 16.5. The molecule has 0 saturated carbocycles. The number of nitrogens with one attached hydrogen (secondary N) is 1. The number of rotatable bonds is 3. The lowest BCUT2D eigenvalue weighted by Crippen LogP contribution is -2.25. The van der Waals surface area contributed by atoms with Crippen LogP contribution in [0.15, 0.2) is 36.5 Å². The molecule has 3 rings (SSSR count). The van der Waals surface area contributed by atoms with Crippen molar-refractivity contribution in [2.24, 2.45) is 0 Å². The Hall–Kier alpha value is -1.71. The standard InChI is InChI=1S/C17H20N2O/c1-12-10-13(6-8-19-12)14-4-3-5-16-15(14)7-9-20-17(16)11-18-2/h3-6,8,10,17-18H,7,9,11H2,1-2H3/t17-/m0/s1. The second kappa shape index (κ2) is 5.73. The third-order valence-electron chi connectivity index (χ3n) is 3.83. The van der Waals surface area contributed by atoms with Crippen LogP contribution in [0.1, 0.15) is 22.9 Å². The molecule has 0 spiro atoms. The van der Waals surface area contributed by atoms with Gasteiger partial charge in [-0.25, -0.2) is 0 Å². The number of ether oxygens (including phenoxy) is 1. The van der Waals surface area contributed by atoms with Crippen molar-refractivity contribution in [2.45, 2.75) is 19.4 Å². The summed E-state index contributed by atoms with van der Waals surface area (Å²) >= 11 is 0. The number of hydrogen-bond acceptors (Lipinski definition) is 3. The molecule has 1 N–H and O–H groups in total. The second-order valence-corrected chi connectivity index (χ2v) is 5.23. The summed E-state index contributed by atoms with van der Waals surface area (Å²) in [6.07, 6.45) is 3.02. The maximum absolute atomic E-state index is 5.88. The topological polar surface area (TPSA) is 34.1 Å². The minimum Gasteiger partial charge on any atom is -0.372 e. The molecule has 0 aliphatic carbocycles. The van der Waals surface area contributed by atoms with Crippen molar-refractivity contribution in [1.29, 1.82) is 0 Å². The first-order valence-corrected chi connectivity index (χ1v) is 7.10. The van der Waals surface area contributed by atoms with E-state index in [0.717, 1.165) is 25.3 Å². The average Bonchev–Trinajstić information content (AvgIpc) is 2.47. The van der Waals surface area contributed by atoms with Crippen LogP contribution in [0.25, 0.3) is 11.1 Å². The first-order chi connectivity index (χ1) is 9.79. The maximum Gasteiger partial charge on any atom is 0.0952 e. The molecule has 20 heavy (non-hydrogen) atoms. The van der Waals surface area contributed by atoms with Gasteiger partial charge in [0, 0.05) is 18.4 Å². The lowest BCUT2D eigenvalue weighted by molar-refractivity contribution is 0.0440. The maximum atomic E-state index is 5.88. The second-order valence-electron chi connectivity index (χ2n) is 5.23. The molecule has 2 aromatic rings. The smallest absolute Gasteiger partial charge is 0.0952 e. The molecule has 1 aliphatic heterocycles. The number of likely N-dealkylation sites (N-methyl/N-ethyl adjacent to an activating group) is 1. The summed E-state index contributed by atoms with van der Waals surface area (Å²) in [6.45, 7) is 3.68. The molecular weight excluding hydrogens is 248 g/mol. The Kier molecular flexibility index (Phi) is 3.81. The first kappa shape index (κ1) is 13.3. The fourth-order valence-corrected chi connectivity index (χ4v) is 2.92. The van der Waals surface area contributed by atoms with Gasteiger partial charge in [-0.2, -0.15) is 0 Å². The molecule has 1 aliphatic rings. The summed E-state index contributed by atoms with van der Waals surface area (Å²) in [7, 11) is 1.97. The van der Waals surface area contributed by atoms with Gasteiger partial charge in [0.15, 0.2) is 0 Å². The van der Waals surface area contributed by atoms with Gasteiger partial charge in [0.25, 0.3) is 0 Å². The van der Waals surface area contributed by atoms with Gasteiger partial charge in [0.05, 0.1) is 12.7 Å². The molecule has 104 valence electrons. The van der Waals surface area contributed by atoms with Crippen LogP contribution in [-0.2, 0) is 11.2 Å². The van der Waals surface area contributed by atoms with Crippen LogP contribution in [0.5, 0.6) is 0 Å². The SMILES string of the molecule is CNC[C@@H]1OCCc2c(-c3ccnc(C)c3)cccc21. The molecule has 3 nitrogen and oxygen atoms in total. The fourth-order valence-electron chi connectivity index (χ4n) is 2.92. The van der Waals surface area contributed by atoms with Crippen LogP contribution in [0.3, 0.4) is 0 Å². The van der Waals surface area contributed by atoms with Crippen LogP contribution in [0.2, 0.25) is 0 Å². The van der Waals surface area contributed by atoms with Crippen LogP contribution in [-0.4, -0.2) is 25.2 Å². The molecule has 3 heteroatoms. The van der Waals surface area contributed by atoms with Crippen LogP contribution >= 0.6 is 0 Å². The molecule has 1 aromatic heterocycles. The number of fused-ring (bicyclic) bond motifs is 1. The van der Waals surface area contributed by atoms with Gasteiger partial charge < -0.3 is 10.1 Å². The number of hydrogen-bond donors (Lipinski definition) is 1. The monoisotopic (exact) mass is 268 g/mol. The van der Waals surface area contributed by atoms with Gasteiger partial charge in [-0.05, 0) is 54.8 Å². The third-order valence-corrected chi connectivity index (χ3v) is 3.83. The predicted octanol–water partition coefficient (Wildman–Crippen LogP) is 2.89. The van der Waals surface area contributed by atoms with Crippen LogP contribution in [0, 0.1) is 6.92 Å². The normalized spacial score (nSPS) is 17.8. The summed E-state index contributed by atoms with van der Waals surface area (Å²) in [6, 6.07) is 10.8. The number of nitrogens with zero attached hydrogens (tertiary/aromatic N) is 1. The zero-order chi connectivity index (χ0) is 13.9. The zero-order valence-electron chi connectivity index (χ0n) is 12.0. The van der Waals surface area contributed by atoms with Crippen molar-refractivity contribution >= 4 is 0 Å². The highest BCUT2D eigenvalue weighted by Crippen LogP contribution is 2.34. The van der Waals surface area contributed by atoms with Gasteiger partial charge in [-0.1, -0.05) is 18.2 Å². The van der Waals surface area contributed by atoms with E-state index in [-0.39, 0.29) is 6.10 Å². The van der Waals surface area contributed by atoms with Crippen molar-refractivity contribution in [3.63, 3.8) is 0 Å². The molecule has 0 amide bonds. The van der Waals surface area contributed by atoms with E-state index in [2.05, 4.69) is 40.6 Å². The lowest BCUT2D eigenvalue weighted by atomic mass is 9.89. The molecule has 0 saturated heterocycles. The minimum absolute atomic E-state index is 0.159. The Bertz CT molecular complexity index is 610. The van der Waals surface area contributed by atoms with E-state index in [1.165, 1.54) is 22.3 Å². The third kappa shape index (κ3) is 2.47. The fraction of sp³-hybridized carbons (Fsp3) is 0.353. The molecule has 0 bridgehead atoms. The number of benzene rings is 1. The molecule has 0 fully saturated rings. The molecule has 2 heterocycles. The minimum atomic E-state index is 0.159. The largest absolute Gasteiger partial charge is 0.372 e. The summed E-state index contributed by atoms with van der Waals surface area (Å²) in [5.41, 5.74) is 6.36. The average molecular weight is 268 g/mol. The van der Waals surface area contributed by atoms with Crippen molar-refractivity contribution in [3.8, 4) is 11.1 Å². The highest BCUT2D eigenvalue weighted by Gasteiger charge is 2.22. The van der Waals surface area contributed by atoms with E-state index >= 15 is 0 Å². The van der Waals surface area contributed by atoms with E-state index in [1.807, 2.05) is 20.2 Å². The first-order valence-electron chi connectivity index (χ1n) is 7.10. The van der Waals surface area contributed by atoms with Gasteiger partial charge in [0.2, 0.25) is 0 Å². The van der Waals surface area contributed by atoms with Gasteiger partial charge >= 0.3 is 0 Å². The van der Waals surface area contributed by atoms with Crippen LogP contribution < -0.4 is 5.32 Å². The van der Waals surface area contributed by atoms with E-state index in [4.69, 9.17) is 4.74 Å². The predicted molar refractivity (Wildman–Crippen MR) is 80.7 cm³/mol. The van der Waals surface area contributed by atoms with E-state index in [1.54, 1.807) is 0 Å². The van der Waals surface area contributed by atoms with Crippen LogP contribution in [0.4, 0.5) is 0 Å². The summed E-state index contributed by atoms with van der Waals surface area (Å²) in [5, 5.41) is 3.21. The van der Waals surface area contributed by atoms with E-state index in [0.29, 0.717) is 0 Å². The summed E-state index contributed by atoms with van der Waals surface area (Å²) in [4.78, 5) is 4.29. The summed E-state index contributed by atoms with van der Waals surface area (Å²) < 4.78 is 5.88. The Morgan fingerprint density at radius 3 is 3.05 bits per heavy atom. The molecular formula is C17H20N2O. The Balaban J connectivity index is 2.07. The van der Waals surface area contributed by atoms with Crippen molar-refractivity contribution in [2.75, 3.05) is 20.2 Å². The number of pyridine rings is 1. The Morgan fingerprint density at radius 2 is 2.25 bits per heavy atom. The van der Waals surface area contributed by atoms with Gasteiger partial charge in [-0.15, -0.1) is 0 Å². The number of aryl methyl sites for hydroxylation is 1. The molecule has 0 unspecified atom stereocenters. The Labute approximate surface area is 120 Å². The molecule has 1 aromatic carbocycles. The zero-order valence-corrected chi connectivity index (χ0v) is 12.0. The lowest BCUT2D eigenvalue weighted by Gasteiger charge is -2.28. The van der Waals surface area contributed by atoms with Crippen molar-refractivity contribution in [3.05, 3.63) is 53.3 Å². The van der Waals surface area contributed by atoms with E-state index < -0.39 is 0 Å². The van der Waals surface area contributed by atoms with E-state index in [9.17, 15) is 0 Å². The molecule has 1 atom stereocenters. The molecule has 0 radical (unpaired) electrons. The van der Waals surface area contributed by atoms with Gasteiger partial charge in [0.1, 0.15) is 0 Å². The van der Waals surface area contributed by atoms with Crippen molar-refractivity contribution in [1.82, 2.24) is 10.3 Å². The Morgan fingerprint density at radius 1 is 1.35 bits per heavy atom.